The summed E-state index contributed by atoms with van der Waals surface area (Å²) in [6.45, 7) is 5.94. The van der Waals surface area contributed by atoms with Crippen LogP contribution in [0.25, 0.3) is 0 Å². The van der Waals surface area contributed by atoms with Gasteiger partial charge in [0, 0.05) is 32.8 Å². The first-order valence-corrected chi connectivity index (χ1v) is 9.05. The van der Waals surface area contributed by atoms with Gasteiger partial charge in [0.25, 0.3) is 0 Å². The van der Waals surface area contributed by atoms with Gasteiger partial charge in [-0.15, -0.1) is 0 Å². The Labute approximate surface area is 147 Å². The quantitative estimate of drug-likeness (QED) is 0.776. The first-order valence-electron chi connectivity index (χ1n) is 9.05. The molecule has 138 valence electrons. The number of aryl methyl sites for hydroxylation is 1. The normalized spacial score (nSPS) is 27.0. The Hall–Kier alpha value is -1.51. The molecule has 0 N–H and O–H groups in total. The van der Waals surface area contributed by atoms with Gasteiger partial charge in [-0.05, 0) is 19.8 Å². The summed E-state index contributed by atoms with van der Waals surface area (Å²) in [7, 11) is 1.68. The Morgan fingerprint density at radius 1 is 1.40 bits per heavy atom. The topological polar surface area (TPSA) is 80.9 Å². The van der Waals surface area contributed by atoms with Gasteiger partial charge in [0.2, 0.25) is 11.8 Å². The number of methoxy groups -OCH3 is 1. The molecule has 3 heterocycles. The third-order valence-corrected chi connectivity index (χ3v) is 5.80. The number of amides is 1. The van der Waals surface area contributed by atoms with Crippen LogP contribution in [0.4, 0.5) is 0 Å². The molecule has 1 atom stereocenters. The van der Waals surface area contributed by atoms with Gasteiger partial charge < -0.3 is 18.9 Å². The van der Waals surface area contributed by atoms with Crippen LogP contribution >= 0.6 is 0 Å². The average Bonchev–Trinajstić information content (AvgIpc) is 2.96. The second-order valence-electron chi connectivity index (χ2n) is 7.44. The molecule has 1 aliphatic carbocycles. The van der Waals surface area contributed by atoms with Crippen molar-refractivity contribution in [2.75, 3.05) is 46.6 Å². The van der Waals surface area contributed by atoms with E-state index in [9.17, 15) is 4.79 Å². The predicted molar refractivity (Wildman–Crippen MR) is 87.8 cm³/mol. The van der Waals surface area contributed by atoms with E-state index >= 15 is 0 Å². The lowest BCUT2D eigenvalue weighted by atomic mass is 9.68. The van der Waals surface area contributed by atoms with Crippen molar-refractivity contribution in [3.63, 3.8) is 0 Å². The number of hydrogen-bond donors (Lipinski definition) is 0. The summed E-state index contributed by atoms with van der Waals surface area (Å²) in [4.78, 5) is 21.6. The number of morpholine rings is 1. The molecular weight excluding hydrogens is 324 g/mol. The number of hydrogen-bond acceptors (Lipinski definition) is 7. The summed E-state index contributed by atoms with van der Waals surface area (Å²) in [5.41, 5.74) is -0.270. The number of carbonyl (C=O) groups excluding carboxylic acids is 1. The maximum atomic E-state index is 12.9. The van der Waals surface area contributed by atoms with E-state index in [0.29, 0.717) is 37.6 Å². The van der Waals surface area contributed by atoms with Crippen LogP contribution in [0.5, 0.6) is 0 Å². The molecule has 8 heteroatoms. The first kappa shape index (κ1) is 16.9. The van der Waals surface area contributed by atoms with Crippen LogP contribution in [0.3, 0.4) is 0 Å². The number of aromatic nitrogens is 2. The van der Waals surface area contributed by atoms with Crippen LogP contribution in [0.2, 0.25) is 0 Å². The molecule has 3 fully saturated rings. The summed E-state index contributed by atoms with van der Waals surface area (Å²) in [5.74, 6) is 1.50. The molecule has 2 saturated heterocycles. The molecule has 25 heavy (non-hydrogen) atoms. The van der Waals surface area contributed by atoms with Gasteiger partial charge in [-0.1, -0.05) is 11.6 Å². The molecule has 8 nitrogen and oxygen atoms in total. The predicted octanol–water partition coefficient (Wildman–Crippen LogP) is 0.779. The minimum Gasteiger partial charge on any atom is -0.384 e. The molecule has 2 aliphatic heterocycles. The van der Waals surface area contributed by atoms with Gasteiger partial charge in [-0.2, -0.15) is 4.98 Å². The first-order chi connectivity index (χ1) is 12.1. The highest BCUT2D eigenvalue weighted by molar-refractivity contribution is 5.84. The fraction of sp³-hybridized carbons (Fsp3) is 0.824. The average molecular weight is 350 g/mol. The lowest BCUT2D eigenvalue weighted by Crippen LogP contribution is -2.66. The van der Waals surface area contributed by atoms with Crippen molar-refractivity contribution in [3.05, 3.63) is 11.7 Å². The van der Waals surface area contributed by atoms with E-state index in [2.05, 4.69) is 15.0 Å². The Morgan fingerprint density at radius 2 is 2.20 bits per heavy atom. The second-order valence-corrected chi connectivity index (χ2v) is 7.44. The standard InChI is InChI=1S/C17H26N4O4/c1-12-18-15(25-19-12)14-10-24-7-6-21(14)13-8-20(9-13)16(22)17(11-23-2)4-3-5-17/h13-14H,3-11H2,1-2H3. The van der Waals surface area contributed by atoms with Crippen molar-refractivity contribution in [2.45, 2.75) is 38.3 Å². The molecule has 1 unspecified atom stereocenters. The van der Waals surface area contributed by atoms with Crippen molar-refractivity contribution in [1.82, 2.24) is 19.9 Å². The molecule has 3 aliphatic rings. The van der Waals surface area contributed by atoms with Gasteiger partial charge in [0.1, 0.15) is 6.04 Å². The monoisotopic (exact) mass is 350 g/mol. The number of rotatable bonds is 5. The van der Waals surface area contributed by atoms with E-state index in [0.717, 1.165) is 38.9 Å². The third-order valence-electron chi connectivity index (χ3n) is 5.80. The fourth-order valence-corrected chi connectivity index (χ4v) is 4.18. The smallest absolute Gasteiger partial charge is 0.246 e. The van der Waals surface area contributed by atoms with Crippen molar-refractivity contribution >= 4 is 5.91 Å². The maximum Gasteiger partial charge on any atom is 0.246 e. The zero-order chi connectivity index (χ0) is 17.4. The van der Waals surface area contributed by atoms with Crippen molar-refractivity contribution in [1.29, 1.82) is 0 Å². The van der Waals surface area contributed by atoms with Crippen LogP contribution in [-0.2, 0) is 14.3 Å². The van der Waals surface area contributed by atoms with Crippen molar-refractivity contribution in [3.8, 4) is 0 Å². The number of carbonyl (C=O) groups is 1. The lowest BCUT2D eigenvalue weighted by Gasteiger charge is -2.52. The van der Waals surface area contributed by atoms with Crippen LogP contribution in [0, 0.1) is 12.3 Å². The van der Waals surface area contributed by atoms with E-state index < -0.39 is 0 Å². The van der Waals surface area contributed by atoms with E-state index in [1.54, 1.807) is 7.11 Å². The van der Waals surface area contributed by atoms with E-state index in [4.69, 9.17) is 14.0 Å². The molecule has 0 spiro atoms. The van der Waals surface area contributed by atoms with Gasteiger partial charge in [0.05, 0.1) is 25.2 Å². The zero-order valence-electron chi connectivity index (χ0n) is 14.9. The highest BCUT2D eigenvalue weighted by Crippen LogP contribution is 2.44. The van der Waals surface area contributed by atoms with E-state index in [-0.39, 0.29) is 17.4 Å². The summed E-state index contributed by atoms with van der Waals surface area (Å²) in [5, 5.41) is 3.90. The maximum absolute atomic E-state index is 12.9. The lowest BCUT2D eigenvalue weighted by molar-refractivity contribution is -0.163. The molecule has 0 radical (unpaired) electrons. The largest absolute Gasteiger partial charge is 0.384 e. The van der Waals surface area contributed by atoms with Crippen LogP contribution in [0.15, 0.2) is 4.52 Å². The van der Waals surface area contributed by atoms with Crippen molar-refractivity contribution < 1.29 is 18.8 Å². The van der Waals surface area contributed by atoms with Gasteiger partial charge in [-0.3, -0.25) is 9.69 Å². The Kier molecular flexibility index (Phi) is 4.51. The van der Waals surface area contributed by atoms with Gasteiger partial charge in [-0.25, -0.2) is 0 Å². The molecule has 1 saturated carbocycles. The molecular formula is C17H26N4O4. The summed E-state index contributed by atoms with van der Waals surface area (Å²) < 4.78 is 16.3. The van der Waals surface area contributed by atoms with Gasteiger partial charge in [0.15, 0.2) is 5.82 Å². The number of likely N-dealkylation sites (tertiary alicyclic amines) is 1. The van der Waals surface area contributed by atoms with Gasteiger partial charge >= 0.3 is 0 Å². The summed E-state index contributed by atoms with van der Waals surface area (Å²) in [6.07, 6.45) is 3.01. The Morgan fingerprint density at radius 3 is 2.80 bits per heavy atom. The SMILES string of the molecule is COCC1(C(=O)N2CC(N3CCOCC3c3nc(C)no3)C2)CCC1. The van der Waals surface area contributed by atoms with Crippen LogP contribution in [0.1, 0.15) is 37.0 Å². The van der Waals surface area contributed by atoms with Crippen LogP contribution in [-0.4, -0.2) is 78.5 Å². The second kappa shape index (κ2) is 6.66. The molecule has 1 aromatic rings. The Bertz CT molecular complexity index is 624. The highest BCUT2D eigenvalue weighted by atomic mass is 16.5. The third kappa shape index (κ3) is 2.96. The number of nitrogens with zero attached hydrogens (tertiary/aromatic N) is 4. The Balaban J connectivity index is 1.39. The molecule has 0 aromatic carbocycles. The minimum atomic E-state index is -0.270. The molecule has 4 rings (SSSR count). The number of ether oxygens (including phenoxy) is 2. The van der Waals surface area contributed by atoms with Crippen LogP contribution < -0.4 is 0 Å². The summed E-state index contributed by atoms with van der Waals surface area (Å²) >= 11 is 0. The molecule has 1 amide bonds. The minimum absolute atomic E-state index is 0.0196. The van der Waals surface area contributed by atoms with E-state index in [1.807, 2.05) is 11.8 Å². The van der Waals surface area contributed by atoms with E-state index in [1.165, 1.54) is 0 Å². The highest BCUT2D eigenvalue weighted by Gasteiger charge is 2.50. The fourth-order valence-electron chi connectivity index (χ4n) is 4.18. The summed E-state index contributed by atoms with van der Waals surface area (Å²) in [6, 6.07) is 0.304. The van der Waals surface area contributed by atoms with Crippen molar-refractivity contribution in [2.24, 2.45) is 5.41 Å². The zero-order valence-corrected chi connectivity index (χ0v) is 14.9. The molecule has 1 aromatic heterocycles. The molecule has 0 bridgehead atoms.